The summed E-state index contributed by atoms with van der Waals surface area (Å²) < 4.78 is 29.9. The van der Waals surface area contributed by atoms with E-state index in [4.69, 9.17) is 27.4 Å². The van der Waals surface area contributed by atoms with Crippen LogP contribution in [0.2, 0.25) is 10.0 Å². The highest BCUT2D eigenvalue weighted by Gasteiger charge is 2.24. The maximum Gasteiger partial charge on any atom is 0.339 e. The minimum absolute atomic E-state index is 0.000347. The van der Waals surface area contributed by atoms with Gasteiger partial charge in [-0.1, -0.05) is 35.3 Å². The number of thioether (sulfide) groups is 1. The molecule has 162 valence electrons. The summed E-state index contributed by atoms with van der Waals surface area (Å²) in [6.45, 7) is 0. The molecule has 1 amide bonds. The third kappa shape index (κ3) is 5.52. The Morgan fingerprint density at radius 1 is 0.875 bits per heavy atom. The average Bonchev–Trinajstić information content (AvgIpc) is 3.10. The molecule has 1 N–H and O–H groups in total. The standard InChI is InChI=1S/C22H14Cl2N2O4S2/c23-15-3-7-17(8-4-15)25-22-26-21(27)20(31-22)13-14-1-9-18(10-2-14)30-32(28,29)19-11-5-16(24)6-12-19/h1-13H,(H,25,26,27)/b20-13-. The summed E-state index contributed by atoms with van der Waals surface area (Å²) in [4.78, 5) is 17.1. The summed E-state index contributed by atoms with van der Waals surface area (Å²) >= 11 is 12.9. The summed E-state index contributed by atoms with van der Waals surface area (Å²) in [5, 5.41) is 4.20. The van der Waals surface area contributed by atoms with Crippen molar-refractivity contribution in [1.82, 2.24) is 5.32 Å². The molecule has 6 nitrogen and oxygen atoms in total. The number of nitrogens with zero attached hydrogens (tertiary/aromatic N) is 1. The van der Waals surface area contributed by atoms with Gasteiger partial charge in [-0.25, -0.2) is 4.99 Å². The molecule has 1 aliphatic rings. The second kappa shape index (κ2) is 9.38. The number of aliphatic imine (C=N–C) groups is 1. The highest BCUT2D eigenvalue weighted by molar-refractivity contribution is 8.18. The van der Waals surface area contributed by atoms with Gasteiger partial charge < -0.3 is 9.50 Å². The zero-order valence-electron chi connectivity index (χ0n) is 16.2. The molecule has 0 aromatic heterocycles. The molecule has 0 spiro atoms. The van der Waals surface area contributed by atoms with Gasteiger partial charge in [-0.05, 0) is 84.1 Å². The van der Waals surface area contributed by atoms with Gasteiger partial charge in [0, 0.05) is 10.0 Å². The van der Waals surface area contributed by atoms with Gasteiger partial charge in [-0.2, -0.15) is 8.42 Å². The molecule has 1 heterocycles. The fourth-order valence-electron chi connectivity index (χ4n) is 2.66. The van der Waals surface area contributed by atoms with Crippen LogP contribution in [-0.2, 0) is 14.9 Å². The number of nitrogens with one attached hydrogen (secondary N) is 1. The summed E-state index contributed by atoms with van der Waals surface area (Å²) in [6.07, 6.45) is 1.68. The SMILES string of the molecule is O=C1NC(=Nc2ccc(Cl)cc2)S/C1=C\c1ccc(OS(=O)(=O)c2ccc(Cl)cc2)cc1. The summed E-state index contributed by atoms with van der Waals surface area (Å²) in [6, 6.07) is 19.0. The van der Waals surface area contributed by atoms with Crippen LogP contribution in [0.3, 0.4) is 0 Å². The van der Waals surface area contributed by atoms with E-state index in [1.807, 2.05) is 0 Å². The zero-order valence-corrected chi connectivity index (χ0v) is 19.3. The number of benzene rings is 3. The first-order valence-electron chi connectivity index (χ1n) is 9.14. The molecule has 0 bridgehead atoms. The smallest absolute Gasteiger partial charge is 0.339 e. The van der Waals surface area contributed by atoms with Crippen molar-refractivity contribution in [3.63, 3.8) is 0 Å². The van der Waals surface area contributed by atoms with E-state index in [0.717, 1.165) is 0 Å². The predicted molar refractivity (Wildman–Crippen MR) is 128 cm³/mol. The van der Waals surface area contributed by atoms with Crippen molar-refractivity contribution in [3.05, 3.63) is 93.3 Å². The number of amidine groups is 1. The van der Waals surface area contributed by atoms with Gasteiger partial charge in [0.1, 0.15) is 10.6 Å². The van der Waals surface area contributed by atoms with Crippen molar-refractivity contribution in [2.24, 2.45) is 4.99 Å². The topological polar surface area (TPSA) is 84.8 Å². The Hall–Kier alpha value is -2.78. The van der Waals surface area contributed by atoms with E-state index in [0.29, 0.717) is 31.4 Å². The van der Waals surface area contributed by atoms with Gasteiger partial charge in [0.15, 0.2) is 5.17 Å². The predicted octanol–water partition coefficient (Wildman–Crippen LogP) is 5.65. The second-order valence-electron chi connectivity index (χ2n) is 6.52. The molecule has 1 saturated heterocycles. The van der Waals surface area contributed by atoms with Crippen LogP contribution >= 0.6 is 35.0 Å². The van der Waals surface area contributed by atoms with Crippen molar-refractivity contribution in [2.75, 3.05) is 0 Å². The molecule has 1 fully saturated rings. The molecular formula is C22H14Cl2N2O4S2. The van der Waals surface area contributed by atoms with Gasteiger partial charge >= 0.3 is 10.1 Å². The molecule has 0 unspecified atom stereocenters. The Morgan fingerprint density at radius 2 is 1.47 bits per heavy atom. The van der Waals surface area contributed by atoms with Crippen molar-refractivity contribution in [2.45, 2.75) is 4.90 Å². The van der Waals surface area contributed by atoms with E-state index >= 15 is 0 Å². The number of carbonyl (C=O) groups excluding carboxylic acids is 1. The monoisotopic (exact) mass is 504 g/mol. The molecule has 0 radical (unpaired) electrons. The summed E-state index contributed by atoms with van der Waals surface area (Å²) in [5.41, 5.74) is 1.37. The molecule has 3 aromatic rings. The van der Waals surface area contributed by atoms with Crippen LogP contribution in [0, 0.1) is 0 Å². The van der Waals surface area contributed by atoms with Crippen LogP contribution in [-0.4, -0.2) is 19.5 Å². The molecule has 0 saturated carbocycles. The van der Waals surface area contributed by atoms with Crippen molar-refractivity contribution in [3.8, 4) is 5.75 Å². The molecule has 4 rings (SSSR count). The van der Waals surface area contributed by atoms with Gasteiger partial charge in [-0.3, -0.25) is 4.79 Å². The largest absolute Gasteiger partial charge is 0.379 e. The Labute approximate surface area is 199 Å². The lowest BCUT2D eigenvalue weighted by atomic mass is 10.2. The van der Waals surface area contributed by atoms with Gasteiger partial charge in [0.2, 0.25) is 0 Å². The van der Waals surface area contributed by atoms with Gasteiger partial charge in [-0.15, -0.1) is 0 Å². The van der Waals surface area contributed by atoms with Crippen LogP contribution in [0.5, 0.6) is 5.75 Å². The summed E-state index contributed by atoms with van der Waals surface area (Å²) in [7, 11) is -3.98. The number of carbonyl (C=O) groups is 1. The van der Waals surface area contributed by atoms with Gasteiger partial charge in [0.05, 0.1) is 10.6 Å². The van der Waals surface area contributed by atoms with E-state index in [1.54, 1.807) is 42.5 Å². The number of hydrogen-bond acceptors (Lipinski definition) is 6. The molecule has 32 heavy (non-hydrogen) atoms. The first-order chi connectivity index (χ1) is 15.3. The van der Waals surface area contributed by atoms with Crippen LogP contribution in [0.15, 0.2) is 87.6 Å². The number of hydrogen-bond donors (Lipinski definition) is 1. The average molecular weight is 505 g/mol. The number of amides is 1. The Morgan fingerprint density at radius 3 is 2.09 bits per heavy atom. The van der Waals surface area contributed by atoms with Crippen LogP contribution < -0.4 is 9.50 Å². The maximum absolute atomic E-state index is 12.4. The lowest BCUT2D eigenvalue weighted by molar-refractivity contribution is -0.115. The first-order valence-corrected chi connectivity index (χ1v) is 12.1. The lowest BCUT2D eigenvalue weighted by Gasteiger charge is -2.07. The van der Waals surface area contributed by atoms with E-state index in [9.17, 15) is 13.2 Å². The minimum atomic E-state index is -3.98. The number of halogens is 2. The van der Waals surface area contributed by atoms with Crippen LogP contribution in [0.4, 0.5) is 5.69 Å². The lowest BCUT2D eigenvalue weighted by Crippen LogP contribution is -2.19. The fraction of sp³-hybridized carbons (Fsp3) is 0. The zero-order chi connectivity index (χ0) is 22.7. The third-order valence-corrected chi connectivity index (χ3v) is 6.87. The Balaban J connectivity index is 1.46. The molecule has 0 atom stereocenters. The normalized spacial score (nSPS) is 16.4. The Kier molecular flexibility index (Phi) is 6.57. The summed E-state index contributed by atoms with van der Waals surface area (Å²) in [5.74, 6) is -0.121. The van der Waals surface area contributed by atoms with Crippen molar-refractivity contribution in [1.29, 1.82) is 0 Å². The molecular weight excluding hydrogens is 491 g/mol. The van der Waals surface area contributed by atoms with Crippen molar-refractivity contribution < 1.29 is 17.4 Å². The first kappa shape index (κ1) is 22.4. The van der Waals surface area contributed by atoms with Gasteiger partial charge in [0.25, 0.3) is 5.91 Å². The quantitative estimate of drug-likeness (QED) is 0.358. The third-order valence-electron chi connectivity index (χ3n) is 4.19. The number of rotatable bonds is 5. The molecule has 10 heteroatoms. The Bertz CT molecular complexity index is 1320. The minimum Gasteiger partial charge on any atom is -0.379 e. The second-order valence-corrected chi connectivity index (χ2v) is 9.97. The molecule has 1 aliphatic heterocycles. The highest BCUT2D eigenvalue weighted by atomic mass is 35.5. The van der Waals surface area contributed by atoms with E-state index in [-0.39, 0.29) is 16.6 Å². The molecule has 0 aliphatic carbocycles. The van der Waals surface area contributed by atoms with E-state index in [1.165, 1.54) is 48.2 Å². The van der Waals surface area contributed by atoms with E-state index < -0.39 is 10.1 Å². The maximum atomic E-state index is 12.4. The highest BCUT2D eigenvalue weighted by Crippen LogP contribution is 2.29. The fourth-order valence-corrected chi connectivity index (χ4v) is 4.68. The van der Waals surface area contributed by atoms with E-state index in [2.05, 4.69) is 10.3 Å². The van der Waals surface area contributed by atoms with Crippen LogP contribution in [0.25, 0.3) is 6.08 Å². The van der Waals surface area contributed by atoms with Crippen LogP contribution in [0.1, 0.15) is 5.56 Å². The molecule has 3 aromatic carbocycles. The van der Waals surface area contributed by atoms with Crippen molar-refractivity contribution >= 4 is 67.9 Å².